The third-order valence-corrected chi connectivity index (χ3v) is 7.07. The molecule has 0 saturated carbocycles. The predicted molar refractivity (Wildman–Crippen MR) is 123 cm³/mol. The van der Waals surface area contributed by atoms with Crippen LogP contribution in [-0.2, 0) is 33.5 Å². The quantitative estimate of drug-likeness (QED) is 0.382. The standard InChI is InChI=1S/C24H26N2O5S/c1-30-13-12-19-25-23-21(16-10-6-7-11-18(16)32-23)24(29)26(19)17(14-20(27)31-2)22(28)15-8-4-3-5-9-15/h3-5,8-9,17H,6-7,10-14H2,1-2H3. The monoisotopic (exact) mass is 454 g/mol. The number of aryl methyl sites for hydroxylation is 2. The second-order valence-corrected chi connectivity index (χ2v) is 8.95. The molecule has 1 unspecified atom stereocenters. The Morgan fingerprint density at radius 2 is 1.91 bits per heavy atom. The Morgan fingerprint density at radius 1 is 1.16 bits per heavy atom. The lowest BCUT2D eigenvalue weighted by Gasteiger charge is -2.21. The van der Waals surface area contributed by atoms with E-state index in [1.54, 1.807) is 42.7 Å². The van der Waals surface area contributed by atoms with Gasteiger partial charge < -0.3 is 9.47 Å². The number of carbonyl (C=O) groups excluding carboxylic acids is 2. The smallest absolute Gasteiger partial charge is 0.308 e. The minimum Gasteiger partial charge on any atom is -0.469 e. The van der Waals surface area contributed by atoms with Gasteiger partial charge in [0.1, 0.15) is 16.7 Å². The maximum atomic E-state index is 13.9. The first-order valence-corrected chi connectivity index (χ1v) is 11.6. The fraction of sp³-hybridized carbons (Fsp3) is 0.417. The molecule has 168 valence electrons. The molecule has 0 aliphatic heterocycles. The minimum absolute atomic E-state index is 0.246. The summed E-state index contributed by atoms with van der Waals surface area (Å²) < 4.78 is 11.5. The number of carbonyl (C=O) groups is 2. The van der Waals surface area contributed by atoms with Gasteiger partial charge in [-0.1, -0.05) is 30.3 Å². The van der Waals surface area contributed by atoms with Gasteiger partial charge in [0.2, 0.25) is 0 Å². The topological polar surface area (TPSA) is 87.5 Å². The number of aromatic nitrogens is 2. The molecule has 1 aromatic carbocycles. The number of fused-ring (bicyclic) bond motifs is 3. The molecule has 1 atom stereocenters. The van der Waals surface area contributed by atoms with Crippen molar-refractivity contribution in [3.63, 3.8) is 0 Å². The van der Waals surface area contributed by atoms with Crippen LogP contribution in [-0.4, -0.2) is 42.1 Å². The number of hydrogen-bond acceptors (Lipinski definition) is 7. The van der Waals surface area contributed by atoms with Gasteiger partial charge in [-0.15, -0.1) is 11.3 Å². The van der Waals surface area contributed by atoms with Gasteiger partial charge in [-0.2, -0.15) is 0 Å². The van der Waals surface area contributed by atoms with Crippen LogP contribution < -0.4 is 5.56 Å². The third-order valence-electron chi connectivity index (χ3n) is 5.88. The minimum atomic E-state index is -1.04. The van der Waals surface area contributed by atoms with Gasteiger partial charge in [0.15, 0.2) is 5.78 Å². The highest BCUT2D eigenvalue weighted by molar-refractivity contribution is 7.18. The van der Waals surface area contributed by atoms with E-state index in [-0.39, 0.29) is 17.8 Å². The SMILES string of the molecule is COCCc1nc2sc3c(c2c(=O)n1C(CC(=O)OC)C(=O)c1ccccc1)CCCC3. The van der Waals surface area contributed by atoms with Crippen molar-refractivity contribution in [2.75, 3.05) is 20.8 Å². The molecule has 32 heavy (non-hydrogen) atoms. The van der Waals surface area contributed by atoms with Crippen molar-refractivity contribution < 1.29 is 19.1 Å². The van der Waals surface area contributed by atoms with Crippen molar-refractivity contribution in [1.82, 2.24) is 9.55 Å². The maximum Gasteiger partial charge on any atom is 0.308 e. The molecule has 0 spiro atoms. The molecule has 2 aromatic heterocycles. The number of benzene rings is 1. The number of nitrogens with zero attached hydrogens (tertiary/aromatic N) is 2. The van der Waals surface area contributed by atoms with Crippen molar-refractivity contribution >= 4 is 33.3 Å². The summed E-state index contributed by atoms with van der Waals surface area (Å²) >= 11 is 1.56. The van der Waals surface area contributed by atoms with Crippen molar-refractivity contribution in [3.8, 4) is 0 Å². The zero-order valence-electron chi connectivity index (χ0n) is 18.3. The normalized spacial score (nSPS) is 14.2. The van der Waals surface area contributed by atoms with Crippen molar-refractivity contribution in [2.24, 2.45) is 0 Å². The number of hydrogen-bond donors (Lipinski definition) is 0. The molecular formula is C24H26N2O5S. The van der Waals surface area contributed by atoms with E-state index in [0.29, 0.717) is 34.6 Å². The highest BCUT2D eigenvalue weighted by Crippen LogP contribution is 2.34. The van der Waals surface area contributed by atoms with E-state index in [9.17, 15) is 14.4 Å². The van der Waals surface area contributed by atoms with Gasteiger partial charge in [-0.3, -0.25) is 19.0 Å². The first-order valence-electron chi connectivity index (χ1n) is 10.8. The molecule has 0 bridgehead atoms. The summed E-state index contributed by atoms with van der Waals surface area (Å²) in [6.45, 7) is 0.341. The molecule has 0 fully saturated rings. The van der Waals surface area contributed by atoms with Crippen LogP contribution >= 0.6 is 11.3 Å². The van der Waals surface area contributed by atoms with Gasteiger partial charge >= 0.3 is 5.97 Å². The molecule has 0 N–H and O–H groups in total. The van der Waals surface area contributed by atoms with Crippen molar-refractivity contribution in [1.29, 1.82) is 0 Å². The van der Waals surface area contributed by atoms with Crippen LogP contribution in [0.15, 0.2) is 35.1 Å². The summed E-state index contributed by atoms with van der Waals surface area (Å²) in [5, 5.41) is 0.585. The summed E-state index contributed by atoms with van der Waals surface area (Å²) in [5.41, 5.74) is 1.21. The van der Waals surface area contributed by atoms with Gasteiger partial charge in [0.05, 0.1) is 25.5 Å². The fourth-order valence-electron chi connectivity index (χ4n) is 4.29. The molecule has 1 aliphatic rings. The Kier molecular flexibility index (Phi) is 6.81. The van der Waals surface area contributed by atoms with E-state index in [1.165, 1.54) is 16.6 Å². The second kappa shape index (κ2) is 9.75. The summed E-state index contributed by atoms with van der Waals surface area (Å²) in [6, 6.07) is 7.66. The molecule has 3 aromatic rings. The lowest BCUT2D eigenvalue weighted by Crippen LogP contribution is -2.35. The Labute approximate surface area is 190 Å². The van der Waals surface area contributed by atoms with Crippen LogP contribution in [0.4, 0.5) is 0 Å². The third kappa shape index (κ3) is 4.25. The predicted octanol–water partition coefficient (Wildman–Crippen LogP) is 3.51. The number of esters is 1. The van der Waals surface area contributed by atoms with Gasteiger partial charge in [0.25, 0.3) is 5.56 Å². The molecule has 0 radical (unpaired) electrons. The number of methoxy groups -OCH3 is 2. The number of rotatable bonds is 8. The van der Waals surface area contributed by atoms with E-state index in [4.69, 9.17) is 14.5 Å². The molecular weight excluding hydrogens is 428 g/mol. The fourth-order valence-corrected chi connectivity index (χ4v) is 5.56. The lowest BCUT2D eigenvalue weighted by atomic mass is 9.96. The summed E-state index contributed by atoms with van der Waals surface area (Å²) in [6.07, 6.45) is 4.00. The number of Topliss-reactive ketones (excluding diaryl/α,β-unsaturated/α-hetero) is 1. The van der Waals surface area contributed by atoms with E-state index >= 15 is 0 Å². The van der Waals surface area contributed by atoms with Gasteiger partial charge in [-0.25, -0.2) is 4.98 Å². The average Bonchev–Trinajstić information content (AvgIpc) is 3.20. The molecule has 1 aliphatic carbocycles. The van der Waals surface area contributed by atoms with Crippen LogP contribution in [0.25, 0.3) is 10.2 Å². The zero-order valence-corrected chi connectivity index (χ0v) is 19.1. The molecule has 2 heterocycles. The largest absolute Gasteiger partial charge is 0.469 e. The maximum absolute atomic E-state index is 13.9. The van der Waals surface area contributed by atoms with Crippen LogP contribution in [0.1, 0.15) is 51.9 Å². The summed E-state index contributed by atoms with van der Waals surface area (Å²) in [7, 11) is 2.85. The van der Waals surface area contributed by atoms with E-state index < -0.39 is 12.0 Å². The number of ether oxygens (including phenoxy) is 2. The highest BCUT2D eigenvalue weighted by Gasteiger charge is 2.31. The average molecular weight is 455 g/mol. The van der Waals surface area contributed by atoms with Crippen molar-refractivity contribution in [3.05, 3.63) is 62.5 Å². The Morgan fingerprint density at radius 3 is 2.62 bits per heavy atom. The van der Waals surface area contributed by atoms with E-state index in [1.807, 2.05) is 6.07 Å². The molecule has 7 nitrogen and oxygen atoms in total. The lowest BCUT2D eigenvalue weighted by molar-refractivity contribution is -0.141. The Bertz CT molecular complexity index is 1200. The molecule has 8 heteroatoms. The van der Waals surface area contributed by atoms with Crippen LogP contribution in [0.3, 0.4) is 0 Å². The first kappa shape index (κ1) is 22.4. The first-order chi connectivity index (χ1) is 15.5. The van der Waals surface area contributed by atoms with Gasteiger partial charge in [-0.05, 0) is 31.2 Å². The molecule has 0 saturated heterocycles. The highest BCUT2D eigenvalue weighted by atomic mass is 32.1. The van der Waals surface area contributed by atoms with Gasteiger partial charge in [0, 0.05) is 24.0 Å². The number of thiophene rings is 1. The van der Waals surface area contributed by atoms with E-state index in [2.05, 4.69) is 0 Å². The van der Waals surface area contributed by atoms with Crippen LogP contribution in [0.5, 0.6) is 0 Å². The zero-order chi connectivity index (χ0) is 22.7. The van der Waals surface area contributed by atoms with E-state index in [0.717, 1.165) is 31.2 Å². The van der Waals surface area contributed by atoms with Crippen molar-refractivity contribution in [2.45, 2.75) is 44.6 Å². The molecule has 0 amide bonds. The summed E-state index contributed by atoms with van der Waals surface area (Å²) in [5.74, 6) is -0.431. The summed E-state index contributed by atoms with van der Waals surface area (Å²) in [4.78, 5) is 46.4. The van der Waals surface area contributed by atoms with Crippen LogP contribution in [0, 0.1) is 0 Å². The Hall–Kier alpha value is -2.84. The number of ketones is 1. The molecule has 4 rings (SSSR count). The van der Waals surface area contributed by atoms with Crippen LogP contribution in [0.2, 0.25) is 0 Å². The second-order valence-electron chi connectivity index (χ2n) is 7.86. The Balaban J connectivity index is 1.94.